The predicted octanol–water partition coefficient (Wildman–Crippen LogP) is 1.75. The van der Waals surface area contributed by atoms with E-state index in [0.29, 0.717) is 0 Å². The van der Waals surface area contributed by atoms with E-state index in [-0.39, 0.29) is 11.9 Å². The maximum atomic E-state index is 11.4. The van der Waals surface area contributed by atoms with Gasteiger partial charge in [0.1, 0.15) is 6.04 Å². The van der Waals surface area contributed by atoms with Gasteiger partial charge in [-0.3, -0.25) is 4.79 Å². The van der Waals surface area contributed by atoms with Crippen molar-refractivity contribution in [1.29, 1.82) is 0 Å². The summed E-state index contributed by atoms with van der Waals surface area (Å²) in [6.45, 7) is 8.77. The van der Waals surface area contributed by atoms with E-state index in [1.54, 1.807) is 0 Å². The van der Waals surface area contributed by atoms with Crippen LogP contribution in [0.4, 0.5) is 0 Å². The summed E-state index contributed by atoms with van der Waals surface area (Å²) < 4.78 is 0. The van der Waals surface area contributed by atoms with Crippen LogP contribution in [0.15, 0.2) is 12.1 Å². The van der Waals surface area contributed by atoms with Crippen molar-refractivity contribution >= 4 is 5.91 Å². The van der Waals surface area contributed by atoms with Crippen LogP contribution in [0.3, 0.4) is 0 Å². The van der Waals surface area contributed by atoms with E-state index >= 15 is 0 Å². The minimum Gasteiger partial charge on any atom is -0.368 e. The summed E-state index contributed by atoms with van der Waals surface area (Å²) >= 11 is 0. The normalized spacial score (nSPS) is 12.5. The molecule has 1 aromatic carbocycles. The van der Waals surface area contributed by atoms with Gasteiger partial charge in [-0.15, -0.1) is 0 Å². The Kier molecular flexibility index (Phi) is 4.07. The Labute approximate surface area is 97.0 Å². The molecule has 0 aliphatic carbocycles. The Morgan fingerprint density at radius 3 is 2.19 bits per heavy atom. The van der Waals surface area contributed by atoms with Crippen molar-refractivity contribution in [3.8, 4) is 0 Å². The molecule has 1 unspecified atom stereocenters. The standard InChI is InChI=1S/C13H20N2O/c1-5-15-12(13(14)16)11-9(3)6-8(2)7-10(11)4/h6-7,12,15H,5H2,1-4H3,(H2,14,16). The van der Waals surface area contributed by atoms with Gasteiger partial charge in [-0.1, -0.05) is 24.6 Å². The number of hydrogen-bond donors (Lipinski definition) is 2. The first kappa shape index (κ1) is 12.7. The van der Waals surface area contributed by atoms with E-state index in [9.17, 15) is 4.79 Å². The van der Waals surface area contributed by atoms with E-state index in [1.165, 1.54) is 5.56 Å². The van der Waals surface area contributed by atoms with Gasteiger partial charge in [-0.05, 0) is 44.0 Å². The second-order valence-corrected chi connectivity index (χ2v) is 4.21. The molecule has 3 N–H and O–H groups in total. The van der Waals surface area contributed by atoms with Gasteiger partial charge in [0.05, 0.1) is 0 Å². The topological polar surface area (TPSA) is 55.1 Å². The number of likely N-dealkylation sites (N-methyl/N-ethyl adjacent to an activating group) is 1. The van der Waals surface area contributed by atoms with Crippen LogP contribution in [0.2, 0.25) is 0 Å². The third-order valence-corrected chi connectivity index (χ3v) is 2.72. The molecule has 3 heteroatoms. The lowest BCUT2D eigenvalue weighted by atomic mass is 9.93. The fourth-order valence-electron chi connectivity index (χ4n) is 2.20. The van der Waals surface area contributed by atoms with Crippen molar-refractivity contribution in [3.63, 3.8) is 0 Å². The summed E-state index contributed by atoms with van der Waals surface area (Å²) in [6, 6.07) is 3.77. The first-order chi connectivity index (χ1) is 7.47. The summed E-state index contributed by atoms with van der Waals surface area (Å²) in [6.07, 6.45) is 0. The van der Waals surface area contributed by atoms with Gasteiger partial charge in [-0.25, -0.2) is 0 Å². The molecule has 0 saturated carbocycles. The van der Waals surface area contributed by atoms with Gasteiger partial charge in [0.25, 0.3) is 0 Å². The van der Waals surface area contributed by atoms with Crippen LogP contribution in [-0.4, -0.2) is 12.5 Å². The Hall–Kier alpha value is -1.35. The van der Waals surface area contributed by atoms with Crippen molar-refractivity contribution < 1.29 is 4.79 Å². The maximum Gasteiger partial charge on any atom is 0.239 e. The Morgan fingerprint density at radius 2 is 1.81 bits per heavy atom. The highest BCUT2D eigenvalue weighted by Gasteiger charge is 2.20. The number of carbonyl (C=O) groups excluding carboxylic acids is 1. The number of primary amides is 1. The van der Waals surface area contributed by atoms with E-state index in [0.717, 1.165) is 23.2 Å². The van der Waals surface area contributed by atoms with Crippen LogP contribution < -0.4 is 11.1 Å². The second kappa shape index (κ2) is 5.12. The third kappa shape index (κ3) is 2.61. The number of nitrogens with two attached hydrogens (primary N) is 1. The second-order valence-electron chi connectivity index (χ2n) is 4.21. The number of aryl methyl sites for hydroxylation is 3. The highest BCUT2D eigenvalue weighted by atomic mass is 16.1. The Morgan fingerprint density at radius 1 is 1.31 bits per heavy atom. The lowest BCUT2D eigenvalue weighted by Gasteiger charge is -2.20. The number of amides is 1. The van der Waals surface area contributed by atoms with Crippen molar-refractivity contribution in [1.82, 2.24) is 5.32 Å². The van der Waals surface area contributed by atoms with Crippen LogP contribution in [0.1, 0.15) is 35.2 Å². The zero-order valence-corrected chi connectivity index (χ0v) is 10.4. The first-order valence-electron chi connectivity index (χ1n) is 5.57. The molecule has 1 amide bonds. The highest BCUT2D eigenvalue weighted by molar-refractivity contribution is 5.82. The van der Waals surface area contributed by atoms with Crippen molar-refractivity contribution in [2.75, 3.05) is 6.54 Å². The molecule has 1 atom stereocenters. The molecule has 16 heavy (non-hydrogen) atoms. The molecule has 0 spiro atoms. The summed E-state index contributed by atoms with van der Waals surface area (Å²) in [5.74, 6) is -0.322. The SMILES string of the molecule is CCNC(C(N)=O)c1c(C)cc(C)cc1C. The fraction of sp³-hybridized carbons (Fsp3) is 0.462. The summed E-state index contributed by atoms with van der Waals surface area (Å²) in [7, 11) is 0. The Bertz CT molecular complexity index is 376. The molecule has 0 fully saturated rings. The van der Waals surface area contributed by atoms with E-state index in [1.807, 2.05) is 20.8 Å². The van der Waals surface area contributed by atoms with Crippen LogP contribution in [-0.2, 0) is 4.79 Å². The number of rotatable bonds is 4. The monoisotopic (exact) mass is 220 g/mol. The third-order valence-electron chi connectivity index (χ3n) is 2.72. The lowest BCUT2D eigenvalue weighted by Crippen LogP contribution is -2.34. The molecule has 88 valence electrons. The molecule has 0 bridgehead atoms. The van der Waals surface area contributed by atoms with Gasteiger partial charge < -0.3 is 11.1 Å². The summed E-state index contributed by atoms with van der Waals surface area (Å²) in [5.41, 5.74) is 9.88. The molecule has 0 heterocycles. The maximum absolute atomic E-state index is 11.4. The number of carbonyl (C=O) groups is 1. The minimum atomic E-state index is -0.384. The molecule has 0 aliphatic heterocycles. The van der Waals surface area contributed by atoms with Crippen LogP contribution in [0.25, 0.3) is 0 Å². The zero-order valence-electron chi connectivity index (χ0n) is 10.4. The van der Waals surface area contributed by atoms with E-state index < -0.39 is 0 Å². The van der Waals surface area contributed by atoms with Gasteiger partial charge in [-0.2, -0.15) is 0 Å². The lowest BCUT2D eigenvalue weighted by molar-refractivity contribution is -0.120. The highest BCUT2D eigenvalue weighted by Crippen LogP contribution is 2.23. The molecule has 0 aromatic heterocycles. The Balaban J connectivity index is 3.23. The molecule has 0 saturated heterocycles. The van der Waals surface area contributed by atoms with Crippen molar-refractivity contribution in [2.45, 2.75) is 33.7 Å². The molecule has 3 nitrogen and oxygen atoms in total. The molecule has 0 radical (unpaired) electrons. The van der Waals surface area contributed by atoms with Crippen LogP contribution in [0.5, 0.6) is 0 Å². The zero-order chi connectivity index (χ0) is 12.3. The van der Waals surface area contributed by atoms with Gasteiger partial charge in [0, 0.05) is 0 Å². The molecular formula is C13H20N2O. The van der Waals surface area contributed by atoms with Gasteiger partial charge in [0.15, 0.2) is 0 Å². The largest absolute Gasteiger partial charge is 0.368 e. The van der Waals surface area contributed by atoms with Crippen molar-refractivity contribution in [2.24, 2.45) is 5.73 Å². The average Bonchev–Trinajstić information content (AvgIpc) is 2.14. The van der Waals surface area contributed by atoms with Crippen LogP contribution in [0, 0.1) is 20.8 Å². The van der Waals surface area contributed by atoms with Gasteiger partial charge >= 0.3 is 0 Å². The van der Waals surface area contributed by atoms with E-state index in [2.05, 4.69) is 24.4 Å². The quantitative estimate of drug-likeness (QED) is 0.812. The minimum absolute atomic E-state index is 0.322. The smallest absolute Gasteiger partial charge is 0.239 e. The molecular weight excluding hydrogens is 200 g/mol. The van der Waals surface area contributed by atoms with Crippen molar-refractivity contribution in [3.05, 3.63) is 34.4 Å². The van der Waals surface area contributed by atoms with Gasteiger partial charge in [0.2, 0.25) is 5.91 Å². The predicted molar refractivity (Wildman–Crippen MR) is 66.3 cm³/mol. The number of hydrogen-bond acceptors (Lipinski definition) is 2. The van der Waals surface area contributed by atoms with E-state index in [4.69, 9.17) is 5.73 Å². The number of nitrogens with one attached hydrogen (secondary N) is 1. The van der Waals surface area contributed by atoms with Crippen LogP contribution >= 0.6 is 0 Å². The summed E-state index contributed by atoms with van der Waals surface area (Å²) in [4.78, 5) is 11.4. The molecule has 1 rings (SSSR count). The molecule has 0 aliphatic rings. The fourth-order valence-corrected chi connectivity index (χ4v) is 2.20. The summed E-state index contributed by atoms with van der Waals surface area (Å²) in [5, 5.41) is 3.12. The number of benzene rings is 1. The first-order valence-corrected chi connectivity index (χ1v) is 5.57. The molecule has 1 aromatic rings. The average molecular weight is 220 g/mol.